The van der Waals surface area contributed by atoms with Crippen LogP contribution in [-0.4, -0.2) is 18.1 Å². The van der Waals surface area contributed by atoms with Crippen molar-refractivity contribution in [3.05, 3.63) is 27.7 Å². The Morgan fingerprint density at radius 1 is 1.58 bits per heavy atom. The monoisotopic (exact) mass is 326 g/mol. The van der Waals surface area contributed by atoms with Crippen LogP contribution >= 0.6 is 15.9 Å². The molecule has 1 aliphatic heterocycles. The molecule has 0 fully saturated rings. The quantitative estimate of drug-likeness (QED) is 0.890. The van der Waals surface area contributed by atoms with Gasteiger partial charge in [-0.05, 0) is 31.0 Å². The number of fused-ring (bicyclic) bond motifs is 1. The van der Waals surface area contributed by atoms with Crippen LogP contribution in [0.4, 0.5) is 0 Å². The van der Waals surface area contributed by atoms with E-state index < -0.39 is 5.54 Å². The van der Waals surface area contributed by atoms with Crippen LogP contribution in [0.1, 0.15) is 31.4 Å². The number of halogens is 1. The van der Waals surface area contributed by atoms with Gasteiger partial charge in [-0.2, -0.15) is 0 Å². The van der Waals surface area contributed by atoms with Gasteiger partial charge in [-0.25, -0.2) is 0 Å². The molecular weight excluding hydrogens is 308 g/mol. The minimum absolute atomic E-state index is 0.137. The van der Waals surface area contributed by atoms with E-state index in [0.717, 1.165) is 22.2 Å². The van der Waals surface area contributed by atoms with Crippen LogP contribution in [0, 0.1) is 0 Å². The topological polar surface area (TPSA) is 64.4 Å². The Labute approximate surface area is 121 Å². The fourth-order valence-electron chi connectivity index (χ4n) is 2.02. The van der Waals surface area contributed by atoms with Crippen molar-refractivity contribution in [2.45, 2.75) is 38.8 Å². The number of nitrogens with one attached hydrogen (secondary N) is 1. The molecule has 1 heterocycles. The van der Waals surface area contributed by atoms with Crippen LogP contribution in [0.25, 0.3) is 0 Å². The molecule has 0 spiro atoms. The average Bonchev–Trinajstić information content (AvgIpc) is 2.83. The van der Waals surface area contributed by atoms with E-state index in [1.807, 2.05) is 13.0 Å². The van der Waals surface area contributed by atoms with Gasteiger partial charge in [0.2, 0.25) is 5.91 Å². The zero-order chi connectivity index (χ0) is 14.0. The highest BCUT2D eigenvalue weighted by Crippen LogP contribution is 2.32. The van der Waals surface area contributed by atoms with Gasteiger partial charge in [0.05, 0.1) is 12.1 Å². The van der Waals surface area contributed by atoms with Crippen molar-refractivity contribution in [2.75, 3.05) is 6.61 Å². The first-order valence-corrected chi connectivity index (χ1v) is 7.24. The summed E-state index contributed by atoms with van der Waals surface area (Å²) in [6.45, 7) is 4.79. The Bertz CT molecular complexity index is 500. The van der Waals surface area contributed by atoms with E-state index in [4.69, 9.17) is 10.5 Å². The molecule has 1 atom stereocenters. The van der Waals surface area contributed by atoms with Gasteiger partial charge in [0.25, 0.3) is 0 Å². The van der Waals surface area contributed by atoms with Crippen LogP contribution in [0.5, 0.6) is 5.75 Å². The number of ether oxygens (including phenoxy) is 1. The predicted octanol–water partition coefficient (Wildman–Crippen LogP) is 2.13. The summed E-state index contributed by atoms with van der Waals surface area (Å²) in [6.07, 6.45) is 1.52. The maximum absolute atomic E-state index is 12.0. The SMILES string of the molecule is CCC(C)(N)C(=O)NCc1cc(Br)cc2c1OCC2. The highest BCUT2D eigenvalue weighted by Gasteiger charge is 2.26. The number of nitrogens with two attached hydrogens (primary N) is 1. The zero-order valence-electron chi connectivity index (χ0n) is 11.3. The number of carbonyl (C=O) groups excluding carboxylic acids is 1. The second-order valence-corrected chi connectivity index (χ2v) is 6.02. The Morgan fingerprint density at radius 3 is 3.00 bits per heavy atom. The van der Waals surface area contributed by atoms with Crippen molar-refractivity contribution in [1.82, 2.24) is 5.32 Å². The van der Waals surface area contributed by atoms with Crippen LogP contribution in [-0.2, 0) is 17.8 Å². The number of rotatable bonds is 4. The highest BCUT2D eigenvalue weighted by molar-refractivity contribution is 9.10. The molecule has 1 aliphatic rings. The van der Waals surface area contributed by atoms with Crippen molar-refractivity contribution in [3.63, 3.8) is 0 Å². The summed E-state index contributed by atoms with van der Waals surface area (Å²) >= 11 is 3.48. The predicted molar refractivity (Wildman–Crippen MR) is 78.1 cm³/mol. The van der Waals surface area contributed by atoms with E-state index in [1.54, 1.807) is 6.92 Å². The molecule has 1 aromatic rings. The van der Waals surface area contributed by atoms with E-state index in [2.05, 4.69) is 27.3 Å². The van der Waals surface area contributed by atoms with Crippen LogP contribution in [0.2, 0.25) is 0 Å². The molecule has 4 nitrogen and oxygen atoms in total. The Morgan fingerprint density at radius 2 is 2.32 bits per heavy atom. The smallest absolute Gasteiger partial charge is 0.240 e. The van der Waals surface area contributed by atoms with Crippen molar-refractivity contribution in [3.8, 4) is 5.75 Å². The summed E-state index contributed by atoms with van der Waals surface area (Å²) in [5.41, 5.74) is 7.26. The lowest BCUT2D eigenvalue weighted by Crippen LogP contribution is -2.50. The molecule has 0 saturated carbocycles. The third-order valence-corrected chi connectivity index (χ3v) is 3.98. The number of hydrogen-bond donors (Lipinski definition) is 2. The Kier molecular flexibility index (Phi) is 4.16. The molecule has 5 heteroatoms. The first-order valence-electron chi connectivity index (χ1n) is 6.45. The van der Waals surface area contributed by atoms with E-state index >= 15 is 0 Å². The minimum atomic E-state index is -0.823. The molecule has 104 valence electrons. The highest BCUT2D eigenvalue weighted by atomic mass is 79.9. The lowest BCUT2D eigenvalue weighted by molar-refractivity contribution is -0.126. The second kappa shape index (κ2) is 5.51. The molecule has 19 heavy (non-hydrogen) atoms. The maximum Gasteiger partial charge on any atom is 0.240 e. The summed E-state index contributed by atoms with van der Waals surface area (Å²) < 4.78 is 6.63. The number of amides is 1. The molecule has 2 rings (SSSR count). The molecule has 0 radical (unpaired) electrons. The third-order valence-electron chi connectivity index (χ3n) is 3.52. The van der Waals surface area contributed by atoms with Gasteiger partial charge < -0.3 is 15.8 Å². The molecule has 1 unspecified atom stereocenters. The number of carbonyl (C=O) groups is 1. The van der Waals surface area contributed by atoms with E-state index in [0.29, 0.717) is 19.6 Å². The maximum atomic E-state index is 12.0. The standard InChI is InChI=1S/C14H19BrN2O2/c1-3-14(2,16)13(18)17-8-10-7-11(15)6-9-4-5-19-12(9)10/h6-7H,3-5,8,16H2,1-2H3,(H,17,18). The number of hydrogen-bond acceptors (Lipinski definition) is 3. The Hall–Kier alpha value is -1.07. The van der Waals surface area contributed by atoms with Gasteiger partial charge in [0.1, 0.15) is 5.75 Å². The van der Waals surface area contributed by atoms with Crippen molar-refractivity contribution in [1.29, 1.82) is 0 Å². The summed E-state index contributed by atoms with van der Waals surface area (Å²) in [5, 5.41) is 2.88. The van der Waals surface area contributed by atoms with Gasteiger partial charge in [0.15, 0.2) is 0 Å². The lowest BCUT2D eigenvalue weighted by Gasteiger charge is -2.22. The fourth-order valence-corrected chi connectivity index (χ4v) is 2.57. The zero-order valence-corrected chi connectivity index (χ0v) is 12.8. The average molecular weight is 327 g/mol. The summed E-state index contributed by atoms with van der Waals surface area (Å²) in [6, 6.07) is 4.04. The van der Waals surface area contributed by atoms with Gasteiger partial charge in [-0.15, -0.1) is 0 Å². The number of benzene rings is 1. The van der Waals surface area contributed by atoms with E-state index in [1.165, 1.54) is 5.56 Å². The van der Waals surface area contributed by atoms with E-state index in [9.17, 15) is 4.79 Å². The van der Waals surface area contributed by atoms with Crippen molar-refractivity contribution in [2.24, 2.45) is 5.73 Å². The van der Waals surface area contributed by atoms with Crippen LogP contribution in [0.15, 0.2) is 16.6 Å². The van der Waals surface area contributed by atoms with Gasteiger partial charge in [-0.1, -0.05) is 22.9 Å². The molecule has 1 aromatic carbocycles. The first kappa shape index (κ1) is 14.3. The molecule has 0 aliphatic carbocycles. The fraction of sp³-hybridized carbons (Fsp3) is 0.500. The van der Waals surface area contributed by atoms with Crippen LogP contribution < -0.4 is 15.8 Å². The molecule has 0 saturated heterocycles. The largest absolute Gasteiger partial charge is 0.493 e. The van der Waals surface area contributed by atoms with Gasteiger partial charge in [-0.3, -0.25) is 4.79 Å². The van der Waals surface area contributed by atoms with Crippen molar-refractivity contribution >= 4 is 21.8 Å². The second-order valence-electron chi connectivity index (χ2n) is 5.11. The molecule has 0 bridgehead atoms. The summed E-state index contributed by atoms with van der Waals surface area (Å²) in [4.78, 5) is 12.0. The Balaban J connectivity index is 2.11. The normalized spacial score (nSPS) is 16.4. The van der Waals surface area contributed by atoms with Gasteiger partial charge >= 0.3 is 0 Å². The summed E-state index contributed by atoms with van der Waals surface area (Å²) in [5.74, 6) is 0.764. The third kappa shape index (κ3) is 3.09. The molecule has 1 amide bonds. The van der Waals surface area contributed by atoms with Gasteiger partial charge in [0, 0.05) is 23.0 Å². The van der Waals surface area contributed by atoms with Crippen molar-refractivity contribution < 1.29 is 9.53 Å². The molecular formula is C14H19BrN2O2. The molecule has 0 aromatic heterocycles. The first-order chi connectivity index (χ1) is 8.94. The molecule has 3 N–H and O–H groups in total. The summed E-state index contributed by atoms with van der Waals surface area (Å²) in [7, 11) is 0. The van der Waals surface area contributed by atoms with E-state index in [-0.39, 0.29) is 5.91 Å². The minimum Gasteiger partial charge on any atom is -0.493 e. The lowest BCUT2D eigenvalue weighted by atomic mass is 9.99. The van der Waals surface area contributed by atoms with Crippen LogP contribution in [0.3, 0.4) is 0 Å².